The number of ether oxygens (including phenoxy) is 1. The summed E-state index contributed by atoms with van der Waals surface area (Å²) in [6.07, 6.45) is -0.349. The van der Waals surface area contributed by atoms with E-state index in [0.717, 1.165) is 16.3 Å². The molecule has 0 amide bonds. The second-order valence-electron chi connectivity index (χ2n) is 4.34. The molecule has 5 heteroatoms. The lowest BCUT2D eigenvalue weighted by molar-refractivity contribution is -0.138. The van der Waals surface area contributed by atoms with Crippen LogP contribution in [0.25, 0.3) is 10.6 Å². The van der Waals surface area contributed by atoms with Gasteiger partial charge in [-0.2, -0.15) is 0 Å². The summed E-state index contributed by atoms with van der Waals surface area (Å²) < 4.78 is 5.52. The highest BCUT2D eigenvalue weighted by molar-refractivity contribution is 7.13. The Morgan fingerprint density at radius 1 is 1.42 bits per heavy atom. The Bertz CT molecular complexity index is 562. The van der Waals surface area contributed by atoms with Crippen molar-refractivity contribution in [2.75, 3.05) is 0 Å². The zero-order valence-corrected chi connectivity index (χ0v) is 11.6. The molecule has 1 aromatic carbocycles. The van der Waals surface area contributed by atoms with Gasteiger partial charge in [0.25, 0.3) is 0 Å². The first-order valence-corrected chi connectivity index (χ1v) is 6.83. The van der Waals surface area contributed by atoms with Crippen LogP contribution in [0.3, 0.4) is 0 Å². The maximum Gasteiger partial charge on any atom is 0.307 e. The van der Waals surface area contributed by atoms with E-state index >= 15 is 0 Å². The van der Waals surface area contributed by atoms with Crippen molar-refractivity contribution in [1.82, 2.24) is 4.98 Å². The number of rotatable bonds is 5. The minimum absolute atomic E-state index is 0.00652. The average Bonchev–Trinajstić information content (AvgIpc) is 2.75. The Kier molecular flexibility index (Phi) is 4.16. The number of hydrogen-bond donors (Lipinski definition) is 1. The van der Waals surface area contributed by atoms with Gasteiger partial charge in [0.1, 0.15) is 16.9 Å². The van der Waals surface area contributed by atoms with E-state index in [2.05, 4.69) is 4.98 Å². The molecule has 100 valence electrons. The van der Waals surface area contributed by atoms with E-state index in [0.29, 0.717) is 5.75 Å². The number of thiazole rings is 1. The van der Waals surface area contributed by atoms with Crippen LogP contribution in [0.4, 0.5) is 0 Å². The number of nitrogens with zero attached hydrogens (tertiary/aromatic N) is 1. The van der Waals surface area contributed by atoms with E-state index in [1.165, 1.54) is 0 Å². The minimum Gasteiger partial charge on any atom is -0.490 e. The molecule has 1 N–H and O–H groups in total. The molecule has 2 rings (SSSR count). The molecule has 0 fully saturated rings. The molecular weight excluding hydrogens is 262 g/mol. The number of aryl methyl sites for hydroxylation is 1. The van der Waals surface area contributed by atoms with Crippen LogP contribution in [0.5, 0.6) is 5.75 Å². The van der Waals surface area contributed by atoms with Gasteiger partial charge >= 0.3 is 5.97 Å². The fourth-order valence-corrected chi connectivity index (χ4v) is 2.49. The summed E-state index contributed by atoms with van der Waals surface area (Å²) >= 11 is 1.60. The van der Waals surface area contributed by atoms with Crippen molar-refractivity contribution in [2.45, 2.75) is 26.4 Å². The maximum absolute atomic E-state index is 10.6. The molecule has 0 aliphatic rings. The Labute approximate surface area is 115 Å². The molecule has 0 unspecified atom stereocenters. The summed E-state index contributed by atoms with van der Waals surface area (Å²) in [4.78, 5) is 15.0. The van der Waals surface area contributed by atoms with Crippen LogP contribution in [0.15, 0.2) is 29.6 Å². The van der Waals surface area contributed by atoms with Gasteiger partial charge < -0.3 is 9.84 Å². The van der Waals surface area contributed by atoms with Crippen molar-refractivity contribution < 1.29 is 14.6 Å². The monoisotopic (exact) mass is 277 g/mol. The first-order chi connectivity index (χ1) is 9.04. The summed E-state index contributed by atoms with van der Waals surface area (Å²) in [5.41, 5.74) is 2.05. The van der Waals surface area contributed by atoms with Gasteiger partial charge in [-0.05, 0) is 38.1 Å². The van der Waals surface area contributed by atoms with E-state index in [1.54, 1.807) is 18.3 Å². The van der Waals surface area contributed by atoms with Crippen molar-refractivity contribution in [3.63, 3.8) is 0 Å². The topological polar surface area (TPSA) is 59.4 Å². The van der Waals surface area contributed by atoms with E-state index in [1.807, 2.05) is 36.6 Å². The molecule has 2 aromatic rings. The predicted molar refractivity (Wildman–Crippen MR) is 74.6 cm³/mol. The van der Waals surface area contributed by atoms with Crippen LogP contribution >= 0.6 is 11.3 Å². The molecule has 1 aromatic heterocycles. The third kappa shape index (κ3) is 3.79. The van der Waals surface area contributed by atoms with Crippen LogP contribution in [0, 0.1) is 6.92 Å². The summed E-state index contributed by atoms with van der Waals surface area (Å²) in [5.74, 6) is -0.187. The zero-order chi connectivity index (χ0) is 13.8. The molecule has 1 heterocycles. The Hall–Kier alpha value is -1.88. The number of aromatic nitrogens is 1. The molecule has 0 aliphatic heterocycles. The number of carbonyl (C=O) groups is 1. The zero-order valence-electron chi connectivity index (χ0n) is 10.8. The number of hydrogen-bond acceptors (Lipinski definition) is 4. The van der Waals surface area contributed by atoms with Gasteiger partial charge in [-0.25, -0.2) is 4.98 Å². The smallest absolute Gasteiger partial charge is 0.307 e. The van der Waals surface area contributed by atoms with E-state index in [9.17, 15) is 4.79 Å². The SMILES string of the molecule is Cc1csc(-c2ccc(O[C@H](C)CC(=O)O)cc2)n1. The normalized spacial score (nSPS) is 12.1. The summed E-state index contributed by atoms with van der Waals surface area (Å²) in [6.45, 7) is 3.71. The number of aliphatic carboxylic acids is 1. The molecule has 1 atom stereocenters. The molecule has 0 spiro atoms. The molecule has 0 bridgehead atoms. The van der Waals surface area contributed by atoms with Crippen molar-refractivity contribution in [3.8, 4) is 16.3 Å². The molecule has 4 nitrogen and oxygen atoms in total. The lowest BCUT2D eigenvalue weighted by Gasteiger charge is -2.12. The molecule has 0 saturated carbocycles. The van der Waals surface area contributed by atoms with Gasteiger partial charge in [0.05, 0.1) is 6.42 Å². The van der Waals surface area contributed by atoms with E-state index in [-0.39, 0.29) is 12.5 Å². The number of benzene rings is 1. The second-order valence-corrected chi connectivity index (χ2v) is 5.20. The highest BCUT2D eigenvalue weighted by Crippen LogP contribution is 2.25. The molecular formula is C14H15NO3S. The summed E-state index contributed by atoms with van der Waals surface area (Å²) in [7, 11) is 0. The van der Waals surface area contributed by atoms with Crippen LogP contribution in [0.2, 0.25) is 0 Å². The lowest BCUT2D eigenvalue weighted by atomic mass is 10.2. The first-order valence-electron chi connectivity index (χ1n) is 5.95. The van der Waals surface area contributed by atoms with Gasteiger partial charge in [0.15, 0.2) is 0 Å². The predicted octanol–water partition coefficient (Wildman–Crippen LogP) is 3.36. The van der Waals surface area contributed by atoms with Gasteiger partial charge in [0.2, 0.25) is 0 Å². The average molecular weight is 277 g/mol. The van der Waals surface area contributed by atoms with Crippen molar-refractivity contribution in [2.24, 2.45) is 0 Å². The molecule has 0 saturated heterocycles. The van der Waals surface area contributed by atoms with Gasteiger partial charge in [-0.15, -0.1) is 11.3 Å². The van der Waals surface area contributed by atoms with Crippen LogP contribution in [-0.2, 0) is 4.79 Å². The Morgan fingerprint density at radius 2 is 2.11 bits per heavy atom. The highest BCUT2D eigenvalue weighted by Gasteiger charge is 2.09. The van der Waals surface area contributed by atoms with Crippen molar-refractivity contribution >= 4 is 17.3 Å². The molecule has 0 radical (unpaired) electrons. The van der Waals surface area contributed by atoms with E-state index in [4.69, 9.17) is 9.84 Å². The fraction of sp³-hybridized carbons (Fsp3) is 0.286. The van der Waals surface area contributed by atoms with Crippen molar-refractivity contribution in [3.05, 3.63) is 35.3 Å². The first kappa shape index (κ1) is 13.5. The van der Waals surface area contributed by atoms with Crippen LogP contribution in [0.1, 0.15) is 19.0 Å². The van der Waals surface area contributed by atoms with Gasteiger partial charge in [-0.3, -0.25) is 4.79 Å². The number of carboxylic acids is 1. The summed E-state index contributed by atoms with van der Waals surface area (Å²) in [6, 6.07) is 7.54. The van der Waals surface area contributed by atoms with E-state index < -0.39 is 5.97 Å². The maximum atomic E-state index is 10.6. The third-order valence-corrected chi connectivity index (χ3v) is 3.53. The second kappa shape index (κ2) is 5.84. The van der Waals surface area contributed by atoms with Gasteiger partial charge in [-0.1, -0.05) is 0 Å². The number of carboxylic acid groups (broad SMARTS) is 1. The quantitative estimate of drug-likeness (QED) is 0.910. The highest BCUT2D eigenvalue weighted by atomic mass is 32.1. The fourth-order valence-electron chi connectivity index (χ4n) is 1.68. The van der Waals surface area contributed by atoms with Crippen LogP contribution in [-0.4, -0.2) is 22.2 Å². The lowest BCUT2D eigenvalue weighted by Crippen LogP contribution is -2.16. The van der Waals surface area contributed by atoms with Gasteiger partial charge in [0, 0.05) is 16.6 Å². The standard InChI is InChI=1S/C14H15NO3S/c1-9-8-19-14(15-9)11-3-5-12(6-4-11)18-10(2)7-13(16)17/h3-6,8,10H,7H2,1-2H3,(H,16,17)/t10-/m1/s1. The largest absolute Gasteiger partial charge is 0.490 e. The Balaban J connectivity index is 2.04. The third-order valence-electron chi connectivity index (χ3n) is 2.52. The summed E-state index contributed by atoms with van der Waals surface area (Å²) in [5, 5.41) is 11.7. The van der Waals surface area contributed by atoms with Crippen LogP contribution < -0.4 is 4.74 Å². The molecule has 19 heavy (non-hydrogen) atoms. The Morgan fingerprint density at radius 3 is 2.63 bits per heavy atom. The van der Waals surface area contributed by atoms with Crippen molar-refractivity contribution in [1.29, 1.82) is 0 Å². The minimum atomic E-state index is -0.859. The molecule has 0 aliphatic carbocycles.